The lowest BCUT2D eigenvalue weighted by molar-refractivity contribution is 0.807. The molecule has 0 aliphatic heterocycles. The molecule has 1 fully saturated rings. The van der Waals surface area contributed by atoms with Crippen molar-refractivity contribution in [3.8, 4) is 0 Å². The zero-order chi connectivity index (χ0) is 10.2. The van der Waals surface area contributed by atoms with Crippen LogP contribution in [0.4, 0.5) is 0 Å². The lowest BCUT2D eigenvalue weighted by Gasteiger charge is -2.13. The van der Waals surface area contributed by atoms with E-state index in [1.165, 1.54) is 11.3 Å². The van der Waals surface area contributed by atoms with E-state index in [2.05, 4.69) is 47.1 Å². The van der Waals surface area contributed by atoms with E-state index in [0.717, 1.165) is 16.9 Å². The molecular weight excluding hydrogens is 258 g/mol. The fraction of sp³-hybridized carbons (Fsp3) is 0.455. The van der Waals surface area contributed by atoms with Crippen molar-refractivity contribution < 1.29 is 0 Å². The summed E-state index contributed by atoms with van der Waals surface area (Å²) in [6.45, 7) is 3.06. The van der Waals surface area contributed by atoms with Gasteiger partial charge in [0.1, 0.15) is 0 Å². The molecule has 2 N–H and O–H groups in total. The second-order valence-electron chi connectivity index (χ2n) is 3.93. The highest BCUT2D eigenvalue weighted by Gasteiger charge is 2.50. The van der Waals surface area contributed by atoms with E-state index in [1.54, 1.807) is 0 Å². The van der Waals surface area contributed by atoms with Crippen LogP contribution < -0.4 is 5.73 Å². The molecule has 1 aliphatic rings. The summed E-state index contributed by atoms with van der Waals surface area (Å²) in [5.41, 5.74) is 5.81. The van der Waals surface area contributed by atoms with Crippen LogP contribution in [0.3, 0.4) is 0 Å². The van der Waals surface area contributed by atoms with Gasteiger partial charge in [-0.1, -0.05) is 28.9 Å². The lowest BCUT2D eigenvalue weighted by Crippen LogP contribution is -2.19. The molecule has 0 bridgehead atoms. The Kier molecular flexibility index (Phi) is 2.91. The molecule has 3 heteroatoms. The van der Waals surface area contributed by atoms with Gasteiger partial charge in [-0.3, -0.25) is 0 Å². The van der Waals surface area contributed by atoms with Crippen LogP contribution in [0.25, 0.3) is 0 Å². The molecule has 0 heterocycles. The number of rotatable bonds is 3. The normalized spacial score (nSPS) is 30.4. The van der Waals surface area contributed by atoms with Crippen LogP contribution in [0.1, 0.15) is 13.3 Å². The van der Waals surface area contributed by atoms with Gasteiger partial charge in [0.05, 0.1) is 0 Å². The summed E-state index contributed by atoms with van der Waals surface area (Å²) in [7, 11) is 0. The van der Waals surface area contributed by atoms with Crippen LogP contribution >= 0.6 is 27.7 Å². The minimum Gasteiger partial charge on any atom is -0.329 e. The maximum atomic E-state index is 5.81. The summed E-state index contributed by atoms with van der Waals surface area (Å²) in [5.74, 6) is 0.761. The highest BCUT2D eigenvalue weighted by molar-refractivity contribution is 9.10. The van der Waals surface area contributed by atoms with Gasteiger partial charge in [0, 0.05) is 20.7 Å². The van der Waals surface area contributed by atoms with Gasteiger partial charge in [-0.2, -0.15) is 0 Å². The molecule has 2 rings (SSSR count). The van der Waals surface area contributed by atoms with Gasteiger partial charge >= 0.3 is 0 Å². The molecule has 14 heavy (non-hydrogen) atoms. The van der Waals surface area contributed by atoms with Gasteiger partial charge in [0.2, 0.25) is 0 Å². The Morgan fingerprint density at radius 3 is 2.86 bits per heavy atom. The van der Waals surface area contributed by atoms with Crippen molar-refractivity contribution in [3.05, 3.63) is 28.7 Å². The zero-order valence-corrected chi connectivity index (χ0v) is 10.6. The second kappa shape index (κ2) is 3.87. The predicted molar refractivity (Wildman–Crippen MR) is 65.6 cm³/mol. The van der Waals surface area contributed by atoms with Crippen LogP contribution in [0.5, 0.6) is 0 Å². The quantitative estimate of drug-likeness (QED) is 0.913. The molecule has 1 nitrogen and oxygen atoms in total. The lowest BCUT2D eigenvalue weighted by atomic mass is 10.3. The fourth-order valence-electron chi connectivity index (χ4n) is 1.69. The SMILES string of the molecule is CC1CC1(CN)Sc1cccc(Br)c1. The van der Waals surface area contributed by atoms with Gasteiger partial charge in [-0.25, -0.2) is 0 Å². The number of hydrogen-bond acceptors (Lipinski definition) is 2. The largest absolute Gasteiger partial charge is 0.329 e. The van der Waals surface area contributed by atoms with Crippen molar-refractivity contribution in [3.63, 3.8) is 0 Å². The van der Waals surface area contributed by atoms with Crippen molar-refractivity contribution in [2.45, 2.75) is 23.0 Å². The predicted octanol–water partition coefficient (Wildman–Crippen LogP) is 3.28. The number of nitrogens with two attached hydrogens (primary N) is 1. The Morgan fingerprint density at radius 1 is 1.64 bits per heavy atom. The van der Waals surface area contributed by atoms with Crippen LogP contribution in [-0.2, 0) is 0 Å². The van der Waals surface area contributed by atoms with Gasteiger partial charge in [0.15, 0.2) is 0 Å². The maximum Gasteiger partial charge on any atom is 0.0358 e. The number of hydrogen-bond donors (Lipinski definition) is 1. The van der Waals surface area contributed by atoms with Crippen LogP contribution in [0.2, 0.25) is 0 Å². The summed E-state index contributed by atoms with van der Waals surface area (Å²) >= 11 is 5.41. The van der Waals surface area contributed by atoms with Crippen LogP contribution in [-0.4, -0.2) is 11.3 Å². The van der Waals surface area contributed by atoms with Gasteiger partial charge < -0.3 is 5.73 Å². The van der Waals surface area contributed by atoms with E-state index in [9.17, 15) is 0 Å². The second-order valence-corrected chi connectivity index (χ2v) is 6.34. The molecule has 1 aliphatic carbocycles. The summed E-state index contributed by atoms with van der Waals surface area (Å²) < 4.78 is 1.46. The number of halogens is 1. The molecule has 1 saturated carbocycles. The van der Waals surface area contributed by atoms with E-state index in [0.29, 0.717) is 4.75 Å². The minimum atomic E-state index is 0.320. The highest BCUT2D eigenvalue weighted by Crippen LogP contribution is 2.55. The molecule has 1 aromatic rings. The first-order valence-electron chi connectivity index (χ1n) is 4.81. The average Bonchev–Trinajstić information content (AvgIpc) is 2.77. The third-order valence-corrected chi connectivity index (χ3v) is 4.98. The molecule has 1 aromatic carbocycles. The molecule has 2 unspecified atom stereocenters. The third-order valence-electron chi connectivity index (χ3n) is 2.85. The monoisotopic (exact) mass is 271 g/mol. The Labute approximate surface area is 97.6 Å². The molecule has 0 saturated heterocycles. The van der Waals surface area contributed by atoms with Crippen molar-refractivity contribution in [2.24, 2.45) is 11.7 Å². The van der Waals surface area contributed by atoms with Crippen molar-refractivity contribution in [1.29, 1.82) is 0 Å². The van der Waals surface area contributed by atoms with Crippen molar-refractivity contribution >= 4 is 27.7 Å². The number of thioether (sulfide) groups is 1. The van der Waals surface area contributed by atoms with E-state index in [4.69, 9.17) is 5.73 Å². The van der Waals surface area contributed by atoms with Gasteiger partial charge in [0.25, 0.3) is 0 Å². The standard InChI is InChI=1S/C11H14BrNS/c1-8-6-11(8,7-13)14-10-4-2-3-9(12)5-10/h2-5,8H,6-7,13H2,1H3. The van der Waals surface area contributed by atoms with Crippen molar-refractivity contribution in [2.75, 3.05) is 6.54 Å². The van der Waals surface area contributed by atoms with E-state index in [1.807, 2.05) is 11.8 Å². The van der Waals surface area contributed by atoms with E-state index < -0.39 is 0 Å². The Hall–Kier alpha value is 0.01000. The van der Waals surface area contributed by atoms with Crippen molar-refractivity contribution in [1.82, 2.24) is 0 Å². The van der Waals surface area contributed by atoms with Gasteiger partial charge in [-0.05, 0) is 30.5 Å². The molecule has 76 valence electrons. The summed E-state index contributed by atoms with van der Waals surface area (Å²) in [5, 5.41) is 0. The molecule has 0 amide bonds. The average molecular weight is 272 g/mol. The van der Waals surface area contributed by atoms with E-state index in [-0.39, 0.29) is 0 Å². The molecule has 2 atom stereocenters. The van der Waals surface area contributed by atoms with Gasteiger partial charge in [-0.15, -0.1) is 11.8 Å². The first-order chi connectivity index (χ1) is 6.66. The molecule has 0 aromatic heterocycles. The smallest absolute Gasteiger partial charge is 0.0358 e. The van der Waals surface area contributed by atoms with Crippen LogP contribution in [0.15, 0.2) is 33.6 Å². The Morgan fingerprint density at radius 2 is 2.36 bits per heavy atom. The zero-order valence-electron chi connectivity index (χ0n) is 8.16. The summed E-state index contributed by atoms with van der Waals surface area (Å²) in [4.78, 5) is 1.31. The fourth-order valence-corrected chi connectivity index (χ4v) is 3.66. The first kappa shape index (κ1) is 10.5. The topological polar surface area (TPSA) is 26.0 Å². The summed E-state index contributed by atoms with van der Waals surface area (Å²) in [6.07, 6.45) is 1.25. The molecule has 0 radical (unpaired) electrons. The Balaban J connectivity index is 2.11. The first-order valence-corrected chi connectivity index (χ1v) is 6.42. The summed E-state index contributed by atoms with van der Waals surface area (Å²) in [6, 6.07) is 8.43. The maximum absolute atomic E-state index is 5.81. The van der Waals surface area contributed by atoms with Crippen LogP contribution in [0, 0.1) is 5.92 Å². The number of benzene rings is 1. The third kappa shape index (κ3) is 2.00. The highest BCUT2D eigenvalue weighted by atomic mass is 79.9. The molecule has 0 spiro atoms. The minimum absolute atomic E-state index is 0.320. The van der Waals surface area contributed by atoms with E-state index >= 15 is 0 Å². The Bertz CT molecular complexity index is 338. The molecular formula is C11H14BrNS.